The van der Waals surface area contributed by atoms with Gasteiger partial charge in [0.25, 0.3) is 0 Å². The first-order valence-electron chi connectivity index (χ1n) is 3.20. The number of carbonyl (C=O) groups excluding carboxylic acids is 2. The molecular formula is C6H10O7. The fraction of sp³-hybridized carbons (Fsp3) is 0.667. The highest BCUT2D eigenvalue weighted by atomic mass is 16.8. The summed E-state index contributed by atoms with van der Waals surface area (Å²) in [7, 11) is 2.32. The maximum absolute atomic E-state index is 10.3. The molecule has 0 radical (unpaired) electrons. The van der Waals surface area contributed by atoms with Gasteiger partial charge in [-0.1, -0.05) is 0 Å². The van der Waals surface area contributed by atoms with Gasteiger partial charge in [-0.25, -0.2) is 9.59 Å². The van der Waals surface area contributed by atoms with E-state index in [1.165, 1.54) is 0 Å². The number of rotatable bonds is 4. The lowest BCUT2D eigenvalue weighted by Gasteiger charge is -2.04. The van der Waals surface area contributed by atoms with E-state index < -0.39 is 12.3 Å². The molecule has 0 fully saturated rings. The predicted octanol–water partition coefficient (Wildman–Crippen LogP) is 0.484. The summed E-state index contributed by atoms with van der Waals surface area (Å²) in [5, 5.41) is 0. The smallest absolute Gasteiger partial charge is 0.438 e. The molecule has 0 saturated heterocycles. The molecule has 0 spiro atoms. The van der Waals surface area contributed by atoms with E-state index in [1.54, 1.807) is 0 Å². The van der Waals surface area contributed by atoms with Crippen LogP contribution >= 0.6 is 0 Å². The van der Waals surface area contributed by atoms with Crippen LogP contribution in [0.4, 0.5) is 9.59 Å². The molecule has 0 aliphatic heterocycles. The third kappa shape index (κ3) is 6.88. The maximum atomic E-state index is 10.3. The quantitative estimate of drug-likeness (QED) is 0.365. The molecule has 0 aliphatic rings. The topological polar surface area (TPSA) is 80.3 Å². The van der Waals surface area contributed by atoms with E-state index in [0.717, 1.165) is 14.2 Å². The second-order valence-corrected chi connectivity index (χ2v) is 1.64. The van der Waals surface area contributed by atoms with Gasteiger partial charge >= 0.3 is 12.3 Å². The summed E-state index contributed by atoms with van der Waals surface area (Å²) in [5.41, 5.74) is 0. The van der Waals surface area contributed by atoms with Crippen LogP contribution in [0.1, 0.15) is 0 Å². The van der Waals surface area contributed by atoms with Gasteiger partial charge < -0.3 is 23.7 Å². The monoisotopic (exact) mass is 194 g/mol. The van der Waals surface area contributed by atoms with Crippen molar-refractivity contribution < 1.29 is 33.3 Å². The Bertz CT molecular complexity index is 148. The SMILES string of the molecule is COC(=O)OCOCOC(=O)OC. The van der Waals surface area contributed by atoms with Gasteiger partial charge in [0, 0.05) is 0 Å². The molecule has 0 heterocycles. The van der Waals surface area contributed by atoms with Gasteiger partial charge in [0.15, 0.2) is 13.6 Å². The van der Waals surface area contributed by atoms with Crippen molar-refractivity contribution in [1.29, 1.82) is 0 Å². The zero-order chi connectivity index (χ0) is 10.1. The first-order chi connectivity index (χ1) is 6.20. The Balaban J connectivity index is 3.17. The van der Waals surface area contributed by atoms with Gasteiger partial charge in [0.2, 0.25) is 0 Å². The first kappa shape index (κ1) is 11.5. The van der Waals surface area contributed by atoms with Gasteiger partial charge in [-0.15, -0.1) is 0 Å². The molecule has 7 nitrogen and oxygen atoms in total. The van der Waals surface area contributed by atoms with Gasteiger partial charge in [-0.05, 0) is 0 Å². The second kappa shape index (κ2) is 7.17. The van der Waals surface area contributed by atoms with Crippen LogP contribution in [0.2, 0.25) is 0 Å². The minimum atomic E-state index is -0.877. The van der Waals surface area contributed by atoms with Crippen LogP contribution in [0, 0.1) is 0 Å². The third-order valence-electron chi connectivity index (χ3n) is 0.854. The average molecular weight is 194 g/mol. The van der Waals surface area contributed by atoms with E-state index in [9.17, 15) is 9.59 Å². The average Bonchev–Trinajstić information content (AvgIpc) is 2.16. The minimum Gasteiger partial charge on any atom is -0.438 e. The van der Waals surface area contributed by atoms with E-state index in [4.69, 9.17) is 0 Å². The molecule has 0 rings (SSSR count). The molecule has 0 aromatic heterocycles. The lowest BCUT2D eigenvalue weighted by Crippen LogP contribution is -2.12. The lowest BCUT2D eigenvalue weighted by molar-refractivity contribution is -0.104. The summed E-state index contributed by atoms with van der Waals surface area (Å²) in [4.78, 5) is 20.6. The Morgan fingerprint density at radius 2 is 1.31 bits per heavy atom. The Morgan fingerprint density at radius 1 is 0.923 bits per heavy atom. The van der Waals surface area contributed by atoms with Crippen LogP contribution in [-0.2, 0) is 23.7 Å². The van der Waals surface area contributed by atoms with E-state index >= 15 is 0 Å². The first-order valence-corrected chi connectivity index (χ1v) is 3.20. The Labute approximate surface area is 74.5 Å². The predicted molar refractivity (Wildman–Crippen MR) is 37.8 cm³/mol. The Hall–Kier alpha value is -1.50. The molecule has 0 aliphatic carbocycles. The number of ether oxygens (including phenoxy) is 5. The summed E-state index contributed by atoms with van der Waals surface area (Å²) < 4.78 is 21.4. The van der Waals surface area contributed by atoms with Crippen LogP contribution in [0.3, 0.4) is 0 Å². The molecule has 0 aromatic carbocycles. The highest BCUT2D eigenvalue weighted by Crippen LogP contribution is 1.86. The number of hydrogen-bond acceptors (Lipinski definition) is 7. The molecule has 0 N–H and O–H groups in total. The normalized spacial score (nSPS) is 8.77. The van der Waals surface area contributed by atoms with Crippen molar-refractivity contribution in [2.24, 2.45) is 0 Å². The van der Waals surface area contributed by atoms with Crippen molar-refractivity contribution in [1.82, 2.24) is 0 Å². The molecule has 0 bridgehead atoms. The maximum Gasteiger partial charge on any atom is 0.510 e. The molecule has 0 unspecified atom stereocenters. The molecule has 13 heavy (non-hydrogen) atoms. The summed E-state index contributed by atoms with van der Waals surface area (Å²) in [5.74, 6) is 0. The largest absolute Gasteiger partial charge is 0.510 e. The van der Waals surface area contributed by atoms with E-state index in [-0.39, 0.29) is 13.6 Å². The summed E-state index contributed by atoms with van der Waals surface area (Å²) in [6.45, 7) is -0.715. The fourth-order valence-electron chi connectivity index (χ4n) is 0.331. The summed E-state index contributed by atoms with van der Waals surface area (Å²) >= 11 is 0. The molecule has 0 aromatic rings. The van der Waals surface area contributed by atoms with Crippen molar-refractivity contribution in [3.63, 3.8) is 0 Å². The van der Waals surface area contributed by atoms with Crippen LogP contribution < -0.4 is 0 Å². The molecule has 0 atom stereocenters. The molecule has 76 valence electrons. The van der Waals surface area contributed by atoms with Crippen molar-refractivity contribution in [2.75, 3.05) is 27.8 Å². The van der Waals surface area contributed by atoms with Crippen LogP contribution in [0.25, 0.3) is 0 Å². The fourth-order valence-corrected chi connectivity index (χ4v) is 0.331. The van der Waals surface area contributed by atoms with Crippen molar-refractivity contribution in [3.05, 3.63) is 0 Å². The van der Waals surface area contributed by atoms with Gasteiger partial charge in [0.05, 0.1) is 14.2 Å². The minimum absolute atomic E-state index is 0.357. The zero-order valence-corrected chi connectivity index (χ0v) is 7.27. The zero-order valence-electron chi connectivity index (χ0n) is 7.27. The van der Waals surface area contributed by atoms with E-state index in [0.29, 0.717) is 0 Å². The van der Waals surface area contributed by atoms with Crippen LogP contribution in [0.5, 0.6) is 0 Å². The van der Waals surface area contributed by atoms with E-state index in [2.05, 4.69) is 23.7 Å². The van der Waals surface area contributed by atoms with Gasteiger partial charge in [-0.3, -0.25) is 0 Å². The highest BCUT2D eigenvalue weighted by molar-refractivity contribution is 5.59. The summed E-state index contributed by atoms with van der Waals surface area (Å²) in [6, 6.07) is 0. The highest BCUT2D eigenvalue weighted by Gasteiger charge is 2.01. The van der Waals surface area contributed by atoms with Crippen molar-refractivity contribution in [2.45, 2.75) is 0 Å². The van der Waals surface area contributed by atoms with Gasteiger partial charge in [0.1, 0.15) is 0 Å². The molecule has 7 heteroatoms. The van der Waals surface area contributed by atoms with Crippen LogP contribution in [0.15, 0.2) is 0 Å². The standard InChI is InChI=1S/C6H10O7/c1-9-5(7)12-3-11-4-13-6(8)10-2/h3-4H2,1-2H3. The van der Waals surface area contributed by atoms with Crippen LogP contribution in [-0.4, -0.2) is 40.1 Å². The molecule has 0 saturated carbocycles. The lowest BCUT2D eigenvalue weighted by atomic mass is 11.2. The Kier molecular flexibility index (Phi) is 6.34. The molecular weight excluding hydrogens is 184 g/mol. The number of hydrogen-bond donors (Lipinski definition) is 0. The van der Waals surface area contributed by atoms with Crippen molar-refractivity contribution >= 4 is 12.3 Å². The third-order valence-corrected chi connectivity index (χ3v) is 0.854. The number of carbonyl (C=O) groups is 2. The van der Waals surface area contributed by atoms with E-state index in [1.807, 2.05) is 0 Å². The summed E-state index contributed by atoms with van der Waals surface area (Å²) in [6.07, 6.45) is -1.75. The van der Waals surface area contributed by atoms with Crippen molar-refractivity contribution in [3.8, 4) is 0 Å². The number of methoxy groups -OCH3 is 2. The van der Waals surface area contributed by atoms with Gasteiger partial charge in [-0.2, -0.15) is 0 Å². The molecule has 0 amide bonds. The second-order valence-electron chi connectivity index (χ2n) is 1.64. The Morgan fingerprint density at radius 3 is 1.62 bits per heavy atom.